The van der Waals surface area contributed by atoms with Gasteiger partial charge in [0.2, 0.25) is 0 Å². The summed E-state index contributed by atoms with van der Waals surface area (Å²) < 4.78 is 1.98. The van der Waals surface area contributed by atoms with E-state index in [1.54, 1.807) is 6.20 Å². The molecule has 3 rings (SSSR count). The number of nitrogens with zero attached hydrogens (tertiary/aromatic N) is 4. The largest absolute Gasteiger partial charge is 0.301 e. The summed E-state index contributed by atoms with van der Waals surface area (Å²) in [6.07, 6.45) is 1.58. The third-order valence-corrected chi connectivity index (χ3v) is 3.91. The molecule has 8 nitrogen and oxygen atoms in total. The van der Waals surface area contributed by atoms with Gasteiger partial charge in [-0.2, -0.15) is 5.10 Å². The molecule has 120 valence electrons. The average molecular weight is 389 g/mol. The maximum atomic E-state index is 11.3. The second kappa shape index (κ2) is 6.20. The maximum Gasteiger partial charge on any atom is 0.301 e. The van der Waals surface area contributed by atoms with Crippen molar-refractivity contribution in [2.24, 2.45) is 0 Å². The van der Waals surface area contributed by atoms with E-state index in [1.807, 2.05) is 30.3 Å². The van der Waals surface area contributed by atoms with E-state index in [0.29, 0.717) is 10.2 Å². The Labute approximate surface area is 143 Å². The van der Waals surface area contributed by atoms with Crippen LogP contribution >= 0.6 is 15.9 Å². The fourth-order valence-corrected chi connectivity index (χ4v) is 2.74. The maximum absolute atomic E-state index is 11.3. The predicted octanol–water partition coefficient (Wildman–Crippen LogP) is 4.12. The number of rotatable bonds is 4. The summed E-state index contributed by atoms with van der Waals surface area (Å²) in [5.74, 6) is 0. The minimum Gasteiger partial charge on any atom is -0.258 e. The van der Waals surface area contributed by atoms with E-state index >= 15 is 0 Å². The van der Waals surface area contributed by atoms with Crippen LogP contribution < -0.4 is 0 Å². The molecule has 2 aromatic carbocycles. The van der Waals surface area contributed by atoms with E-state index in [-0.39, 0.29) is 17.1 Å². The van der Waals surface area contributed by atoms with Crippen molar-refractivity contribution < 1.29 is 9.85 Å². The predicted molar refractivity (Wildman–Crippen MR) is 90.0 cm³/mol. The van der Waals surface area contributed by atoms with E-state index in [2.05, 4.69) is 21.0 Å². The van der Waals surface area contributed by atoms with E-state index in [0.717, 1.165) is 11.6 Å². The van der Waals surface area contributed by atoms with Crippen LogP contribution in [0.2, 0.25) is 0 Å². The molecule has 0 saturated heterocycles. The molecule has 1 heterocycles. The monoisotopic (exact) mass is 388 g/mol. The van der Waals surface area contributed by atoms with Crippen LogP contribution in [0.1, 0.15) is 0 Å². The molecule has 0 fully saturated rings. The number of hydrogen-bond acceptors (Lipinski definition) is 5. The van der Waals surface area contributed by atoms with Gasteiger partial charge in [-0.15, -0.1) is 0 Å². The Balaban J connectivity index is 2.13. The van der Waals surface area contributed by atoms with Crippen LogP contribution in [0.4, 0.5) is 11.4 Å². The van der Waals surface area contributed by atoms with E-state index < -0.39 is 9.85 Å². The molecule has 0 aliphatic rings. The Morgan fingerprint density at radius 1 is 1.00 bits per heavy atom. The van der Waals surface area contributed by atoms with Crippen molar-refractivity contribution in [1.29, 1.82) is 0 Å². The zero-order valence-corrected chi connectivity index (χ0v) is 13.6. The summed E-state index contributed by atoms with van der Waals surface area (Å²) >= 11 is 3.39. The number of nitro groups is 2. The van der Waals surface area contributed by atoms with Crippen LogP contribution in [0.3, 0.4) is 0 Å². The smallest absolute Gasteiger partial charge is 0.258 e. The Bertz CT molecular complexity index is 940. The van der Waals surface area contributed by atoms with Crippen LogP contribution in [-0.2, 0) is 0 Å². The molecule has 0 aliphatic heterocycles. The van der Waals surface area contributed by atoms with Gasteiger partial charge in [-0.05, 0) is 22.0 Å². The Hall–Kier alpha value is -3.07. The molecule has 0 amide bonds. The quantitative estimate of drug-likeness (QED) is 0.493. The van der Waals surface area contributed by atoms with Gasteiger partial charge in [0.1, 0.15) is 11.4 Å². The average Bonchev–Trinajstić information content (AvgIpc) is 2.96. The summed E-state index contributed by atoms with van der Waals surface area (Å²) in [6, 6.07) is 12.8. The zero-order valence-electron chi connectivity index (χ0n) is 12.0. The SMILES string of the molecule is O=[N+]([O-])c1ccc(-n2cc(Br)c(-c3ccccc3)n2)c([N+](=O)[O-])c1. The molecule has 0 aliphatic carbocycles. The molecule has 3 aromatic rings. The summed E-state index contributed by atoms with van der Waals surface area (Å²) in [5, 5.41) is 26.4. The van der Waals surface area contributed by atoms with Crippen molar-refractivity contribution >= 4 is 27.3 Å². The lowest BCUT2D eigenvalue weighted by Gasteiger charge is -2.03. The van der Waals surface area contributed by atoms with Crippen LogP contribution in [0, 0.1) is 20.2 Å². The van der Waals surface area contributed by atoms with Crippen LogP contribution in [0.5, 0.6) is 0 Å². The van der Waals surface area contributed by atoms with Crippen molar-refractivity contribution in [3.8, 4) is 16.9 Å². The highest BCUT2D eigenvalue weighted by Crippen LogP contribution is 2.32. The van der Waals surface area contributed by atoms with Gasteiger partial charge in [0.25, 0.3) is 5.69 Å². The first-order valence-corrected chi connectivity index (χ1v) is 7.50. The third kappa shape index (κ3) is 2.88. The molecule has 0 N–H and O–H groups in total. The molecular weight excluding hydrogens is 380 g/mol. The van der Waals surface area contributed by atoms with E-state index in [4.69, 9.17) is 0 Å². The fraction of sp³-hybridized carbons (Fsp3) is 0. The lowest BCUT2D eigenvalue weighted by Crippen LogP contribution is -2.02. The Kier molecular flexibility index (Phi) is 4.09. The second-order valence-corrected chi connectivity index (χ2v) is 5.68. The second-order valence-electron chi connectivity index (χ2n) is 4.82. The molecule has 0 saturated carbocycles. The van der Waals surface area contributed by atoms with Gasteiger partial charge >= 0.3 is 5.69 Å². The number of nitro benzene ring substituents is 2. The fourth-order valence-electron chi connectivity index (χ4n) is 2.23. The third-order valence-electron chi connectivity index (χ3n) is 3.33. The van der Waals surface area contributed by atoms with Crippen LogP contribution in [0.15, 0.2) is 59.2 Å². The first kappa shape index (κ1) is 15.8. The number of benzene rings is 2. The summed E-state index contributed by atoms with van der Waals surface area (Å²) in [7, 11) is 0. The van der Waals surface area contributed by atoms with Gasteiger partial charge in [0.05, 0.1) is 20.4 Å². The molecular formula is C15H9BrN4O4. The number of aromatic nitrogens is 2. The van der Waals surface area contributed by atoms with Gasteiger partial charge in [0, 0.05) is 17.8 Å². The molecule has 24 heavy (non-hydrogen) atoms. The Morgan fingerprint density at radius 3 is 2.33 bits per heavy atom. The highest BCUT2D eigenvalue weighted by Gasteiger charge is 2.22. The standard InChI is InChI=1S/C15H9BrN4O4/c16-12-9-18(17-15(12)10-4-2-1-3-5-10)13-7-6-11(19(21)22)8-14(13)20(23)24/h1-9H. The topological polar surface area (TPSA) is 104 Å². The molecule has 1 aromatic heterocycles. The molecule has 0 spiro atoms. The van der Waals surface area contributed by atoms with Crippen molar-refractivity contribution in [3.05, 3.63) is 79.4 Å². The van der Waals surface area contributed by atoms with Gasteiger partial charge in [-0.3, -0.25) is 20.2 Å². The van der Waals surface area contributed by atoms with Crippen molar-refractivity contribution in [2.45, 2.75) is 0 Å². The van der Waals surface area contributed by atoms with Gasteiger partial charge in [-0.25, -0.2) is 4.68 Å². The normalized spacial score (nSPS) is 10.5. The van der Waals surface area contributed by atoms with Crippen molar-refractivity contribution in [2.75, 3.05) is 0 Å². The zero-order chi connectivity index (χ0) is 17.3. The highest BCUT2D eigenvalue weighted by molar-refractivity contribution is 9.10. The number of halogens is 1. The van der Waals surface area contributed by atoms with Crippen molar-refractivity contribution in [1.82, 2.24) is 9.78 Å². The summed E-state index contributed by atoms with van der Waals surface area (Å²) in [4.78, 5) is 20.7. The molecule has 0 radical (unpaired) electrons. The molecule has 0 atom stereocenters. The molecule has 0 bridgehead atoms. The van der Waals surface area contributed by atoms with Crippen LogP contribution in [-0.4, -0.2) is 19.6 Å². The summed E-state index contributed by atoms with van der Waals surface area (Å²) in [6.45, 7) is 0. The number of hydrogen-bond donors (Lipinski definition) is 0. The van der Waals surface area contributed by atoms with Gasteiger partial charge < -0.3 is 0 Å². The Morgan fingerprint density at radius 2 is 1.71 bits per heavy atom. The van der Waals surface area contributed by atoms with Gasteiger partial charge in [0.15, 0.2) is 0 Å². The minimum absolute atomic E-state index is 0.147. The van der Waals surface area contributed by atoms with Crippen molar-refractivity contribution in [3.63, 3.8) is 0 Å². The lowest BCUT2D eigenvalue weighted by atomic mass is 10.2. The lowest BCUT2D eigenvalue weighted by molar-refractivity contribution is -0.394. The molecule has 0 unspecified atom stereocenters. The molecule has 9 heteroatoms. The minimum atomic E-state index is -0.675. The van der Waals surface area contributed by atoms with Gasteiger partial charge in [-0.1, -0.05) is 30.3 Å². The highest BCUT2D eigenvalue weighted by atomic mass is 79.9. The van der Waals surface area contributed by atoms with E-state index in [9.17, 15) is 20.2 Å². The van der Waals surface area contributed by atoms with E-state index in [1.165, 1.54) is 16.8 Å². The first-order valence-electron chi connectivity index (χ1n) is 6.71. The summed E-state index contributed by atoms with van der Waals surface area (Å²) in [5.41, 5.74) is 0.864. The first-order chi connectivity index (χ1) is 11.5. The number of non-ortho nitro benzene ring substituents is 1. The van der Waals surface area contributed by atoms with Crippen LogP contribution in [0.25, 0.3) is 16.9 Å².